The van der Waals surface area contributed by atoms with E-state index in [2.05, 4.69) is 42.2 Å². The molecule has 0 spiro atoms. The van der Waals surface area contributed by atoms with Crippen molar-refractivity contribution in [2.24, 2.45) is 4.99 Å². The first kappa shape index (κ1) is 18.9. The molecule has 0 saturated heterocycles. The number of nitrogens with zero attached hydrogens (tertiary/aromatic N) is 3. The Morgan fingerprint density at radius 1 is 1.20 bits per heavy atom. The highest BCUT2D eigenvalue weighted by Crippen LogP contribution is 2.26. The van der Waals surface area contributed by atoms with Crippen molar-refractivity contribution in [3.8, 4) is 0 Å². The molecule has 0 amide bonds. The molecule has 3 aromatic heterocycles. The summed E-state index contributed by atoms with van der Waals surface area (Å²) in [6.45, 7) is 1.77. The number of aromatic amines is 1. The molecule has 148 valence electrons. The lowest BCUT2D eigenvalue weighted by molar-refractivity contribution is 0.559. The summed E-state index contributed by atoms with van der Waals surface area (Å²) in [7, 11) is 0. The number of aromatic nitrogens is 3. The molecule has 30 heavy (non-hydrogen) atoms. The van der Waals surface area contributed by atoms with Crippen LogP contribution in [0.1, 0.15) is 23.1 Å². The summed E-state index contributed by atoms with van der Waals surface area (Å²) in [4.78, 5) is 20.2. The van der Waals surface area contributed by atoms with Gasteiger partial charge in [0.15, 0.2) is 0 Å². The molecule has 0 radical (unpaired) electrons. The number of hydrogen-bond acceptors (Lipinski definition) is 6. The molecule has 0 aliphatic carbocycles. The normalized spacial score (nSPS) is 12.1. The number of para-hydroxylation sites is 1. The maximum absolute atomic E-state index is 12.4. The van der Waals surface area contributed by atoms with Gasteiger partial charge in [-0.05, 0) is 42.8 Å². The fourth-order valence-electron chi connectivity index (χ4n) is 3.35. The molecule has 0 unspecified atom stereocenters. The number of nitrogens with one attached hydrogen (secondary N) is 1. The summed E-state index contributed by atoms with van der Waals surface area (Å²) in [5, 5.41) is 11.8. The van der Waals surface area contributed by atoms with Crippen molar-refractivity contribution in [1.29, 1.82) is 0 Å². The van der Waals surface area contributed by atoms with Crippen LogP contribution in [0, 0.1) is 0 Å². The van der Waals surface area contributed by atoms with E-state index < -0.39 is 5.63 Å². The van der Waals surface area contributed by atoms with Crippen LogP contribution in [-0.2, 0) is 6.42 Å². The smallest absolute Gasteiger partial charge is 0.345 e. The Morgan fingerprint density at radius 2 is 2.07 bits per heavy atom. The van der Waals surface area contributed by atoms with Crippen molar-refractivity contribution in [2.75, 3.05) is 0 Å². The molecule has 6 nitrogen and oxygen atoms in total. The molecular weight excluding hydrogens is 464 g/mol. The first-order valence-electron chi connectivity index (χ1n) is 9.23. The molecule has 5 aromatic rings. The number of rotatable bonds is 4. The number of hydrogen-bond donors (Lipinski definition) is 1. The summed E-state index contributed by atoms with van der Waals surface area (Å²) < 4.78 is 6.34. The lowest BCUT2D eigenvalue weighted by Gasteiger charge is -2.02. The van der Waals surface area contributed by atoms with Crippen LogP contribution in [0.2, 0.25) is 0 Å². The Hall–Kier alpha value is -3.10. The highest BCUT2D eigenvalue weighted by molar-refractivity contribution is 9.10. The summed E-state index contributed by atoms with van der Waals surface area (Å²) in [5.41, 5.74) is 3.33. The predicted molar refractivity (Wildman–Crippen MR) is 123 cm³/mol. The van der Waals surface area contributed by atoms with Gasteiger partial charge in [-0.3, -0.25) is 0 Å². The highest BCUT2D eigenvalue weighted by atomic mass is 79.9. The van der Waals surface area contributed by atoms with E-state index in [1.807, 2.05) is 36.5 Å². The van der Waals surface area contributed by atoms with Gasteiger partial charge in [0.1, 0.15) is 10.6 Å². The monoisotopic (exact) mass is 478 g/mol. The summed E-state index contributed by atoms with van der Waals surface area (Å²) in [5.74, 6) is 0. The van der Waals surface area contributed by atoms with Crippen LogP contribution in [0.5, 0.6) is 0 Å². The lowest BCUT2D eigenvalue weighted by Crippen LogP contribution is -2.11. The van der Waals surface area contributed by atoms with E-state index in [9.17, 15) is 4.79 Å². The van der Waals surface area contributed by atoms with Crippen molar-refractivity contribution in [1.82, 2.24) is 15.2 Å². The molecule has 0 aliphatic rings. The SMILES string of the molecule is CC(=Nc1nnc(Cc2c[nH]c3ccccc23)s1)c1cc2cc(Br)ccc2oc1=O. The maximum atomic E-state index is 12.4. The van der Waals surface area contributed by atoms with E-state index in [1.54, 1.807) is 19.1 Å². The van der Waals surface area contributed by atoms with E-state index in [0.717, 1.165) is 25.9 Å². The second-order valence-corrected chi connectivity index (χ2v) is 8.80. The fourth-order valence-corrected chi connectivity index (χ4v) is 4.52. The van der Waals surface area contributed by atoms with Crippen LogP contribution in [0.4, 0.5) is 5.13 Å². The quantitative estimate of drug-likeness (QED) is 0.268. The second kappa shape index (κ2) is 7.62. The average Bonchev–Trinajstić information content (AvgIpc) is 3.35. The minimum absolute atomic E-state index is 0.411. The van der Waals surface area contributed by atoms with Crippen LogP contribution in [0.3, 0.4) is 0 Å². The van der Waals surface area contributed by atoms with Gasteiger partial charge in [0.05, 0.1) is 11.3 Å². The Kier molecular flexibility index (Phi) is 4.80. The minimum Gasteiger partial charge on any atom is -0.422 e. The van der Waals surface area contributed by atoms with Gasteiger partial charge >= 0.3 is 5.63 Å². The molecule has 0 aliphatic heterocycles. The molecular formula is C22H15BrN4O2S. The Morgan fingerprint density at radius 3 is 2.97 bits per heavy atom. The molecule has 2 aromatic carbocycles. The van der Waals surface area contributed by atoms with E-state index in [-0.39, 0.29) is 0 Å². The molecule has 3 heterocycles. The Balaban J connectivity index is 1.44. The maximum Gasteiger partial charge on any atom is 0.345 e. The Labute approximate surface area is 183 Å². The molecule has 0 bridgehead atoms. The van der Waals surface area contributed by atoms with Crippen molar-refractivity contribution < 1.29 is 4.42 Å². The van der Waals surface area contributed by atoms with E-state index in [4.69, 9.17) is 4.42 Å². The zero-order valence-corrected chi connectivity index (χ0v) is 18.3. The molecule has 0 saturated carbocycles. The predicted octanol–water partition coefficient (Wildman–Crippen LogP) is 5.62. The lowest BCUT2D eigenvalue weighted by atomic mass is 10.1. The molecule has 1 N–H and O–H groups in total. The summed E-state index contributed by atoms with van der Waals surface area (Å²) in [6, 6.07) is 15.4. The third-order valence-corrected chi connectivity index (χ3v) is 6.13. The van der Waals surface area contributed by atoms with Crippen molar-refractivity contribution in [3.63, 3.8) is 0 Å². The summed E-state index contributed by atoms with van der Waals surface area (Å²) >= 11 is 4.85. The van der Waals surface area contributed by atoms with Crippen molar-refractivity contribution in [3.05, 3.63) is 85.8 Å². The standard InChI is InChI=1S/C22H15BrN4O2S/c1-12(17-9-13-8-15(23)6-7-19(13)29-21(17)28)25-22-27-26-20(30-22)10-14-11-24-18-5-3-2-4-16(14)18/h2-9,11,24H,10H2,1H3. The average molecular weight is 479 g/mol. The second-order valence-electron chi connectivity index (χ2n) is 6.84. The fraction of sp³-hybridized carbons (Fsp3) is 0.0909. The Bertz CT molecular complexity index is 1480. The van der Waals surface area contributed by atoms with Crippen LogP contribution in [0.25, 0.3) is 21.9 Å². The van der Waals surface area contributed by atoms with Crippen LogP contribution in [0.15, 0.2) is 73.4 Å². The van der Waals surface area contributed by atoms with E-state index in [0.29, 0.717) is 28.4 Å². The van der Waals surface area contributed by atoms with Gasteiger partial charge in [-0.1, -0.05) is 45.5 Å². The van der Waals surface area contributed by atoms with Crippen LogP contribution in [-0.4, -0.2) is 20.9 Å². The number of benzene rings is 2. The largest absolute Gasteiger partial charge is 0.422 e. The summed E-state index contributed by atoms with van der Waals surface area (Å²) in [6.07, 6.45) is 2.67. The zero-order chi connectivity index (χ0) is 20.7. The highest BCUT2D eigenvalue weighted by Gasteiger charge is 2.12. The number of aliphatic imine (C=N–C) groups is 1. The molecule has 0 atom stereocenters. The number of halogens is 1. The first-order chi connectivity index (χ1) is 14.6. The number of H-pyrrole nitrogens is 1. The van der Waals surface area contributed by atoms with Gasteiger partial charge in [0, 0.05) is 33.4 Å². The van der Waals surface area contributed by atoms with Gasteiger partial charge in [-0.15, -0.1) is 10.2 Å². The van der Waals surface area contributed by atoms with Crippen molar-refractivity contribution in [2.45, 2.75) is 13.3 Å². The molecule has 0 fully saturated rings. The van der Waals surface area contributed by atoms with Crippen molar-refractivity contribution >= 4 is 60.0 Å². The van der Waals surface area contributed by atoms with Gasteiger partial charge in [0.25, 0.3) is 0 Å². The van der Waals surface area contributed by atoms with Gasteiger partial charge in [-0.25, -0.2) is 9.79 Å². The first-order valence-corrected chi connectivity index (χ1v) is 10.8. The molecule has 8 heteroatoms. The zero-order valence-electron chi connectivity index (χ0n) is 15.8. The van der Waals surface area contributed by atoms with E-state index in [1.165, 1.54) is 16.7 Å². The number of fused-ring (bicyclic) bond motifs is 2. The molecule has 5 rings (SSSR count). The van der Waals surface area contributed by atoms with Gasteiger partial charge in [-0.2, -0.15) is 0 Å². The third kappa shape index (κ3) is 3.59. The topological polar surface area (TPSA) is 84.1 Å². The van der Waals surface area contributed by atoms with Crippen LogP contribution >= 0.6 is 27.3 Å². The minimum atomic E-state index is -0.422. The van der Waals surface area contributed by atoms with Crippen LogP contribution < -0.4 is 5.63 Å². The van der Waals surface area contributed by atoms with E-state index >= 15 is 0 Å². The van der Waals surface area contributed by atoms with Gasteiger partial charge < -0.3 is 9.40 Å². The third-order valence-electron chi connectivity index (χ3n) is 4.82. The van der Waals surface area contributed by atoms with Gasteiger partial charge in [0.2, 0.25) is 5.13 Å².